The smallest absolute Gasteiger partial charge is 0.273 e. The quantitative estimate of drug-likeness (QED) is 0.304. The van der Waals surface area contributed by atoms with Crippen LogP contribution in [0.3, 0.4) is 0 Å². The molecule has 184 valence electrons. The zero-order valence-corrected chi connectivity index (χ0v) is 20.9. The van der Waals surface area contributed by atoms with E-state index in [0.717, 1.165) is 65.4 Å². The molecule has 0 bridgehead atoms. The summed E-state index contributed by atoms with van der Waals surface area (Å²) in [6.45, 7) is 4.06. The fraction of sp³-hybridized carbons (Fsp3) is 0.321. The van der Waals surface area contributed by atoms with E-state index in [-0.39, 0.29) is 6.04 Å². The van der Waals surface area contributed by atoms with E-state index < -0.39 is 11.7 Å². The highest BCUT2D eigenvalue weighted by Gasteiger charge is 2.33. The van der Waals surface area contributed by atoms with Gasteiger partial charge in [-0.1, -0.05) is 36.4 Å². The Morgan fingerprint density at radius 3 is 2.28 bits per heavy atom. The summed E-state index contributed by atoms with van der Waals surface area (Å²) in [6.07, 6.45) is 0.487. The van der Waals surface area contributed by atoms with Gasteiger partial charge in [-0.3, -0.25) is 9.56 Å². The van der Waals surface area contributed by atoms with Crippen LogP contribution in [-0.2, 0) is 31.9 Å². The number of aryl methyl sites for hydroxylation is 4. The van der Waals surface area contributed by atoms with Crippen molar-refractivity contribution in [1.29, 1.82) is 0 Å². The van der Waals surface area contributed by atoms with Gasteiger partial charge in [0.05, 0.1) is 11.3 Å². The molecule has 2 aliphatic rings. The van der Waals surface area contributed by atoms with Gasteiger partial charge in [0.15, 0.2) is 5.82 Å². The third kappa shape index (κ3) is 3.97. The third-order valence-corrected chi connectivity index (χ3v) is 8.38. The molecule has 2 aromatic carbocycles. The number of aromatic nitrogens is 3. The third-order valence-electron chi connectivity index (χ3n) is 7.10. The Kier molecular flexibility index (Phi) is 5.59. The van der Waals surface area contributed by atoms with Crippen LogP contribution in [0.4, 0.5) is 13.2 Å². The van der Waals surface area contributed by atoms with Gasteiger partial charge in [0.25, 0.3) is 0 Å². The van der Waals surface area contributed by atoms with Crippen LogP contribution in [0.15, 0.2) is 53.5 Å². The summed E-state index contributed by atoms with van der Waals surface area (Å²) in [4.78, 5) is 6.59. The summed E-state index contributed by atoms with van der Waals surface area (Å²) in [7, 11) is 0. The molecule has 4 nitrogen and oxygen atoms in total. The summed E-state index contributed by atoms with van der Waals surface area (Å²) in [6, 6.07) is 13.8. The van der Waals surface area contributed by atoms with Crippen LogP contribution in [0.1, 0.15) is 69.3 Å². The van der Waals surface area contributed by atoms with Crippen LogP contribution in [0.25, 0.3) is 5.00 Å². The number of aliphatic imine (C=N–C) groups is 1. The van der Waals surface area contributed by atoms with Crippen LogP contribution < -0.4 is 0 Å². The normalized spacial score (nSPS) is 16.8. The number of benzene rings is 2. The first kappa shape index (κ1) is 23.2. The van der Waals surface area contributed by atoms with Crippen molar-refractivity contribution < 1.29 is 13.2 Å². The summed E-state index contributed by atoms with van der Waals surface area (Å²) >= 11 is 1.84. The van der Waals surface area contributed by atoms with E-state index in [1.54, 1.807) is 12.1 Å². The molecule has 0 unspecified atom stereocenters. The Balaban J connectivity index is 1.28. The molecule has 0 spiro atoms. The fourth-order valence-corrected chi connectivity index (χ4v) is 6.65. The molecule has 0 saturated heterocycles. The highest BCUT2D eigenvalue weighted by molar-refractivity contribution is 7.15. The summed E-state index contributed by atoms with van der Waals surface area (Å²) in [5, 5.41) is 9.95. The molecule has 0 amide bonds. The molecule has 36 heavy (non-hydrogen) atoms. The number of thiophene rings is 1. The van der Waals surface area contributed by atoms with E-state index >= 15 is 0 Å². The van der Waals surface area contributed by atoms with Gasteiger partial charge < -0.3 is 0 Å². The van der Waals surface area contributed by atoms with Crippen molar-refractivity contribution in [2.75, 3.05) is 0 Å². The lowest BCUT2D eigenvalue weighted by Gasteiger charge is -2.11. The molecule has 1 aliphatic carbocycles. The molecule has 3 heterocycles. The molecule has 4 aromatic rings. The Labute approximate surface area is 211 Å². The Bertz CT molecular complexity index is 1460. The number of nitrogens with zero attached hydrogens (tertiary/aromatic N) is 4. The van der Waals surface area contributed by atoms with Gasteiger partial charge in [0.1, 0.15) is 16.9 Å². The van der Waals surface area contributed by atoms with Gasteiger partial charge in [-0.25, -0.2) is 0 Å². The first-order valence-electron chi connectivity index (χ1n) is 12.2. The predicted molar refractivity (Wildman–Crippen MR) is 135 cm³/mol. The fourth-order valence-electron chi connectivity index (χ4n) is 5.20. The van der Waals surface area contributed by atoms with E-state index in [4.69, 9.17) is 4.99 Å². The molecule has 2 aromatic heterocycles. The minimum absolute atomic E-state index is 0.114. The maximum atomic E-state index is 12.8. The van der Waals surface area contributed by atoms with Crippen molar-refractivity contribution in [3.8, 4) is 5.00 Å². The molecule has 0 saturated carbocycles. The SMILES string of the molecule is Cc1nnc2n1-c1sc3c(c1C(c1ccc(CCc4ccc(C(F)(F)F)cc4)cc1)=N[C@H]2C)CCC3. The van der Waals surface area contributed by atoms with Gasteiger partial charge in [0, 0.05) is 16.0 Å². The molecular formula is C28H25F3N4S. The molecule has 8 heteroatoms. The highest BCUT2D eigenvalue weighted by Crippen LogP contribution is 2.42. The summed E-state index contributed by atoms with van der Waals surface area (Å²) in [5.41, 5.74) is 6.14. The van der Waals surface area contributed by atoms with Crippen molar-refractivity contribution in [2.45, 2.75) is 58.2 Å². The van der Waals surface area contributed by atoms with E-state index in [1.165, 1.54) is 27.4 Å². The van der Waals surface area contributed by atoms with Crippen molar-refractivity contribution in [3.05, 3.63) is 98.4 Å². The number of hydrogen-bond donors (Lipinski definition) is 0. The van der Waals surface area contributed by atoms with Gasteiger partial charge in [-0.2, -0.15) is 13.2 Å². The van der Waals surface area contributed by atoms with Gasteiger partial charge >= 0.3 is 6.18 Å². The minimum atomic E-state index is -4.30. The number of rotatable bonds is 4. The number of fused-ring (bicyclic) bond motifs is 5. The molecule has 0 N–H and O–H groups in total. The summed E-state index contributed by atoms with van der Waals surface area (Å²) in [5.74, 6) is 1.75. The van der Waals surface area contributed by atoms with Crippen LogP contribution in [-0.4, -0.2) is 20.5 Å². The van der Waals surface area contributed by atoms with Crippen molar-refractivity contribution in [1.82, 2.24) is 14.8 Å². The van der Waals surface area contributed by atoms with E-state index in [0.29, 0.717) is 6.42 Å². The highest BCUT2D eigenvalue weighted by atomic mass is 32.1. The van der Waals surface area contributed by atoms with Crippen LogP contribution in [0.2, 0.25) is 0 Å². The lowest BCUT2D eigenvalue weighted by atomic mass is 9.96. The van der Waals surface area contributed by atoms with Gasteiger partial charge in [-0.05, 0) is 74.8 Å². The van der Waals surface area contributed by atoms with E-state index in [2.05, 4.69) is 46.0 Å². The lowest BCUT2D eigenvalue weighted by molar-refractivity contribution is -0.137. The monoisotopic (exact) mass is 506 g/mol. The average molecular weight is 507 g/mol. The van der Waals surface area contributed by atoms with Crippen LogP contribution >= 0.6 is 11.3 Å². The topological polar surface area (TPSA) is 43.1 Å². The van der Waals surface area contributed by atoms with E-state index in [1.807, 2.05) is 18.3 Å². The minimum Gasteiger partial charge on any atom is -0.273 e. The predicted octanol–water partition coefficient (Wildman–Crippen LogP) is 6.84. The zero-order valence-electron chi connectivity index (χ0n) is 20.1. The number of hydrogen-bond acceptors (Lipinski definition) is 4. The first-order chi connectivity index (χ1) is 17.3. The molecule has 0 radical (unpaired) electrons. The second-order valence-corrected chi connectivity index (χ2v) is 10.6. The number of halogens is 3. The van der Waals surface area contributed by atoms with Crippen molar-refractivity contribution >= 4 is 17.0 Å². The van der Waals surface area contributed by atoms with Crippen molar-refractivity contribution in [3.63, 3.8) is 0 Å². The van der Waals surface area contributed by atoms with Gasteiger partial charge in [-0.15, -0.1) is 21.5 Å². The first-order valence-corrected chi connectivity index (χ1v) is 13.0. The Hall–Kier alpha value is -3.26. The second-order valence-electron chi connectivity index (χ2n) is 9.52. The Morgan fingerprint density at radius 1 is 0.944 bits per heavy atom. The maximum absolute atomic E-state index is 12.8. The average Bonchev–Trinajstić information content (AvgIpc) is 3.54. The second kappa shape index (κ2) is 8.69. The summed E-state index contributed by atoms with van der Waals surface area (Å²) < 4.78 is 40.6. The molecular weight excluding hydrogens is 481 g/mol. The van der Waals surface area contributed by atoms with Crippen molar-refractivity contribution in [2.24, 2.45) is 4.99 Å². The van der Waals surface area contributed by atoms with Crippen LogP contribution in [0, 0.1) is 6.92 Å². The van der Waals surface area contributed by atoms with E-state index in [9.17, 15) is 13.2 Å². The standard InChI is InChI=1S/C28H25F3N4S/c1-16-26-34-33-17(2)35(26)27-24(22-4-3-5-23(22)36-27)25(32-16)20-12-8-18(9-13-20)6-7-19-10-14-21(15-11-19)28(29,30)31/h8-16H,3-7H2,1-2H3/t16-/m0/s1. The van der Waals surface area contributed by atoms with Crippen LogP contribution in [0.5, 0.6) is 0 Å². The Morgan fingerprint density at radius 2 is 1.61 bits per heavy atom. The molecule has 0 fully saturated rings. The van der Waals surface area contributed by atoms with Gasteiger partial charge in [0.2, 0.25) is 0 Å². The zero-order chi connectivity index (χ0) is 25.0. The molecule has 1 atom stereocenters. The molecule has 6 rings (SSSR count). The molecule has 1 aliphatic heterocycles. The lowest BCUT2D eigenvalue weighted by Crippen LogP contribution is -2.08. The largest absolute Gasteiger partial charge is 0.416 e. The maximum Gasteiger partial charge on any atom is 0.416 e. The number of alkyl halides is 3.